The Hall–Kier alpha value is -2.08. The van der Waals surface area contributed by atoms with Crippen LogP contribution >= 0.6 is 0 Å². The van der Waals surface area contributed by atoms with Gasteiger partial charge >= 0.3 is 0 Å². The number of nitrogens with one attached hydrogen (secondary N) is 1. The minimum absolute atomic E-state index is 0.0252. The molecule has 3 nitrogen and oxygen atoms in total. The number of carbonyl (C=O) groups is 1. The molecule has 0 unspecified atom stereocenters. The molecule has 0 atom stereocenters. The molecule has 0 aliphatic carbocycles. The largest absolute Gasteiger partial charge is 0.349 e. The van der Waals surface area contributed by atoms with Crippen molar-refractivity contribution in [1.82, 2.24) is 5.32 Å². The maximum absolute atomic E-state index is 11.7. The number of rotatable bonds is 3. The minimum Gasteiger partial charge on any atom is -0.349 e. The minimum atomic E-state index is -0.330. The molecule has 0 heterocycles. The fourth-order valence-corrected chi connectivity index (χ4v) is 1.32. The third-order valence-corrected chi connectivity index (χ3v) is 2.17. The van der Waals surface area contributed by atoms with E-state index >= 15 is 0 Å². The fourth-order valence-electron chi connectivity index (χ4n) is 1.32. The summed E-state index contributed by atoms with van der Waals surface area (Å²) < 4.78 is 0. The highest BCUT2D eigenvalue weighted by Gasteiger charge is 2.09. The van der Waals surface area contributed by atoms with Gasteiger partial charge in [-0.05, 0) is 32.4 Å². The summed E-state index contributed by atoms with van der Waals surface area (Å²) in [7, 11) is 0. The molecule has 1 N–H and O–H groups in total. The normalized spacial score (nSPS) is 11.1. The Balaban J connectivity index is 2.91. The summed E-state index contributed by atoms with van der Waals surface area (Å²) in [5, 5.41) is 11.6. The standard InChI is InChI=1S/C14H16N2O/c1-10(2)16-14(17)13(9-15)8-12-6-4-11(3)5-7-12/h4-8,10H,1-3H3,(H,16,17)/b13-8-. The van der Waals surface area contributed by atoms with E-state index in [0.29, 0.717) is 0 Å². The topological polar surface area (TPSA) is 52.9 Å². The van der Waals surface area contributed by atoms with E-state index in [2.05, 4.69) is 5.32 Å². The number of nitrogens with zero attached hydrogens (tertiary/aromatic N) is 1. The molecule has 0 saturated carbocycles. The number of carbonyl (C=O) groups excluding carboxylic acids is 1. The van der Waals surface area contributed by atoms with Crippen LogP contribution < -0.4 is 5.32 Å². The molecule has 0 aliphatic heterocycles. The Bertz CT molecular complexity index is 464. The van der Waals surface area contributed by atoms with Crippen molar-refractivity contribution in [3.05, 3.63) is 41.0 Å². The van der Waals surface area contributed by atoms with Crippen LogP contribution in [0, 0.1) is 18.3 Å². The van der Waals surface area contributed by atoms with Crippen molar-refractivity contribution in [3.8, 4) is 6.07 Å². The maximum atomic E-state index is 11.7. The smallest absolute Gasteiger partial charge is 0.262 e. The van der Waals surface area contributed by atoms with Crippen molar-refractivity contribution in [2.24, 2.45) is 0 Å². The molecule has 1 amide bonds. The number of aryl methyl sites for hydroxylation is 1. The molecular formula is C14H16N2O. The van der Waals surface area contributed by atoms with Crippen molar-refractivity contribution >= 4 is 12.0 Å². The van der Waals surface area contributed by atoms with Crippen LogP contribution in [0.5, 0.6) is 0 Å². The Labute approximate surface area is 102 Å². The van der Waals surface area contributed by atoms with Crippen molar-refractivity contribution in [2.75, 3.05) is 0 Å². The first kappa shape index (κ1) is 13.0. The number of amides is 1. The van der Waals surface area contributed by atoms with Crippen molar-refractivity contribution in [3.63, 3.8) is 0 Å². The molecule has 17 heavy (non-hydrogen) atoms. The zero-order valence-electron chi connectivity index (χ0n) is 10.3. The molecule has 1 aromatic rings. The predicted molar refractivity (Wildman–Crippen MR) is 68.0 cm³/mol. The highest BCUT2D eigenvalue weighted by molar-refractivity contribution is 6.01. The maximum Gasteiger partial charge on any atom is 0.262 e. The van der Waals surface area contributed by atoms with Crippen molar-refractivity contribution < 1.29 is 4.79 Å². The second-order valence-electron chi connectivity index (χ2n) is 4.21. The van der Waals surface area contributed by atoms with Gasteiger partial charge in [-0.25, -0.2) is 0 Å². The van der Waals surface area contributed by atoms with Crippen molar-refractivity contribution in [2.45, 2.75) is 26.8 Å². The van der Waals surface area contributed by atoms with Gasteiger partial charge in [0.05, 0.1) is 0 Å². The van der Waals surface area contributed by atoms with E-state index in [-0.39, 0.29) is 17.5 Å². The zero-order chi connectivity index (χ0) is 12.8. The Morgan fingerprint density at radius 1 is 1.35 bits per heavy atom. The van der Waals surface area contributed by atoms with Crippen LogP contribution in [-0.4, -0.2) is 11.9 Å². The van der Waals surface area contributed by atoms with Crippen LogP contribution in [0.1, 0.15) is 25.0 Å². The van der Waals surface area contributed by atoms with Gasteiger partial charge < -0.3 is 5.32 Å². The lowest BCUT2D eigenvalue weighted by Crippen LogP contribution is -2.30. The number of nitriles is 1. The van der Waals surface area contributed by atoms with Crippen LogP contribution in [0.15, 0.2) is 29.8 Å². The Kier molecular flexibility index (Phi) is 4.47. The van der Waals surface area contributed by atoms with Gasteiger partial charge in [0.1, 0.15) is 11.6 Å². The third kappa shape index (κ3) is 4.12. The van der Waals surface area contributed by atoms with Crippen LogP contribution in [0.2, 0.25) is 0 Å². The third-order valence-electron chi connectivity index (χ3n) is 2.17. The number of hydrogen-bond donors (Lipinski definition) is 1. The van der Waals surface area contributed by atoms with Gasteiger partial charge in [0.2, 0.25) is 0 Å². The lowest BCUT2D eigenvalue weighted by Gasteiger charge is -2.06. The first-order chi connectivity index (χ1) is 8.02. The molecule has 0 bridgehead atoms. The van der Waals surface area contributed by atoms with E-state index < -0.39 is 0 Å². The monoisotopic (exact) mass is 228 g/mol. The summed E-state index contributed by atoms with van der Waals surface area (Å²) in [6.45, 7) is 5.71. The van der Waals surface area contributed by atoms with Crippen LogP contribution in [-0.2, 0) is 4.79 Å². The first-order valence-electron chi connectivity index (χ1n) is 5.52. The summed E-state index contributed by atoms with van der Waals surface area (Å²) in [4.78, 5) is 11.7. The molecule has 1 aromatic carbocycles. The van der Waals surface area contributed by atoms with E-state index in [1.165, 1.54) is 0 Å². The lowest BCUT2D eigenvalue weighted by atomic mass is 10.1. The first-order valence-corrected chi connectivity index (χ1v) is 5.52. The van der Waals surface area contributed by atoms with Gasteiger partial charge in [-0.2, -0.15) is 5.26 Å². The second kappa shape index (κ2) is 5.86. The van der Waals surface area contributed by atoms with Gasteiger partial charge in [-0.1, -0.05) is 29.8 Å². The number of hydrogen-bond acceptors (Lipinski definition) is 2. The van der Waals surface area contributed by atoms with Gasteiger partial charge in [0.25, 0.3) is 5.91 Å². The van der Waals surface area contributed by atoms with Crippen LogP contribution in [0.25, 0.3) is 6.08 Å². The van der Waals surface area contributed by atoms with E-state index in [1.54, 1.807) is 6.08 Å². The van der Waals surface area contributed by atoms with Gasteiger partial charge in [0.15, 0.2) is 0 Å². The Morgan fingerprint density at radius 3 is 2.41 bits per heavy atom. The highest BCUT2D eigenvalue weighted by atomic mass is 16.1. The molecule has 1 rings (SSSR count). The molecule has 0 fully saturated rings. The molecule has 3 heteroatoms. The lowest BCUT2D eigenvalue weighted by molar-refractivity contribution is -0.117. The molecule has 0 radical (unpaired) electrons. The van der Waals surface area contributed by atoms with Gasteiger partial charge in [-0.15, -0.1) is 0 Å². The summed E-state index contributed by atoms with van der Waals surface area (Å²) >= 11 is 0. The molecule has 0 saturated heterocycles. The predicted octanol–water partition coefficient (Wildman–Crippen LogP) is 2.43. The SMILES string of the molecule is Cc1ccc(/C=C(/C#N)C(=O)NC(C)C)cc1. The summed E-state index contributed by atoms with van der Waals surface area (Å²) in [6.07, 6.45) is 1.59. The highest BCUT2D eigenvalue weighted by Crippen LogP contribution is 2.08. The fraction of sp³-hybridized carbons (Fsp3) is 0.286. The Morgan fingerprint density at radius 2 is 1.94 bits per heavy atom. The van der Waals surface area contributed by atoms with E-state index in [1.807, 2.05) is 51.1 Å². The second-order valence-corrected chi connectivity index (χ2v) is 4.21. The van der Waals surface area contributed by atoms with E-state index in [4.69, 9.17) is 5.26 Å². The summed E-state index contributed by atoms with van der Waals surface area (Å²) in [6, 6.07) is 9.60. The van der Waals surface area contributed by atoms with Crippen LogP contribution in [0.3, 0.4) is 0 Å². The summed E-state index contributed by atoms with van der Waals surface area (Å²) in [5.41, 5.74) is 2.13. The molecule has 0 spiro atoms. The average Bonchev–Trinajstić information content (AvgIpc) is 2.27. The molecule has 0 aliphatic rings. The van der Waals surface area contributed by atoms with Gasteiger partial charge in [0, 0.05) is 6.04 Å². The number of benzene rings is 1. The quantitative estimate of drug-likeness (QED) is 0.638. The summed E-state index contributed by atoms with van der Waals surface area (Å²) in [5.74, 6) is -0.330. The molecule has 0 aromatic heterocycles. The van der Waals surface area contributed by atoms with Crippen LogP contribution in [0.4, 0.5) is 0 Å². The van der Waals surface area contributed by atoms with E-state index in [0.717, 1.165) is 11.1 Å². The van der Waals surface area contributed by atoms with Gasteiger partial charge in [-0.3, -0.25) is 4.79 Å². The average molecular weight is 228 g/mol. The van der Waals surface area contributed by atoms with Crippen molar-refractivity contribution in [1.29, 1.82) is 5.26 Å². The zero-order valence-corrected chi connectivity index (χ0v) is 10.3. The van der Waals surface area contributed by atoms with E-state index in [9.17, 15) is 4.79 Å². The molecular weight excluding hydrogens is 212 g/mol. The molecule has 88 valence electrons.